The molecule has 4 rings (SSSR count). The molecule has 0 bridgehead atoms. The zero-order valence-electron chi connectivity index (χ0n) is 23.8. The van der Waals surface area contributed by atoms with Crippen LogP contribution < -0.4 is 9.64 Å². The van der Waals surface area contributed by atoms with Gasteiger partial charge in [0.25, 0.3) is 5.78 Å². The second-order valence-corrected chi connectivity index (χ2v) is 11.6. The minimum atomic E-state index is -0.957. The normalized spacial score (nSPS) is 16.9. The number of aliphatic hydroxyl groups excluding tert-OH is 1. The van der Waals surface area contributed by atoms with Crippen LogP contribution in [0.3, 0.4) is 0 Å². The summed E-state index contributed by atoms with van der Waals surface area (Å²) in [5.74, 6) is -1.84. The van der Waals surface area contributed by atoms with Gasteiger partial charge >= 0.3 is 11.9 Å². The minimum absolute atomic E-state index is 0.0531. The number of hydrogen-bond acceptors (Lipinski definition) is 8. The molecule has 0 unspecified atom stereocenters. The third kappa shape index (κ3) is 5.38. The molecule has 3 aromatic rings. The van der Waals surface area contributed by atoms with Crippen LogP contribution in [-0.4, -0.2) is 41.0 Å². The number of aryl methyl sites for hydroxylation is 2. The summed E-state index contributed by atoms with van der Waals surface area (Å²) in [6.45, 7) is 14.1. The zero-order valence-corrected chi connectivity index (χ0v) is 24.6. The van der Waals surface area contributed by atoms with Crippen LogP contribution in [-0.2, 0) is 19.7 Å². The van der Waals surface area contributed by atoms with Crippen molar-refractivity contribution in [1.29, 1.82) is 0 Å². The monoisotopic (exact) mass is 562 g/mol. The summed E-state index contributed by atoms with van der Waals surface area (Å²) in [6.07, 6.45) is 0. The molecule has 0 saturated carbocycles. The minimum Gasteiger partial charge on any atom is -0.507 e. The maximum atomic E-state index is 13.5. The lowest BCUT2D eigenvalue weighted by Crippen LogP contribution is -2.29. The molecule has 2 heterocycles. The molecule has 1 saturated heterocycles. The molecule has 1 fully saturated rings. The molecule has 1 aliphatic heterocycles. The van der Waals surface area contributed by atoms with E-state index in [-0.39, 0.29) is 33.4 Å². The molecule has 1 aromatic heterocycles. The number of ketones is 1. The number of esters is 1. The highest BCUT2D eigenvalue weighted by molar-refractivity contribution is 7.17. The fourth-order valence-electron chi connectivity index (χ4n) is 4.65. The van der Waals surface area contributed by atoms with Crippen molar-refractivity contribution in [1.82, 2.24) is 4.98 Å². The summed E-state index contributed by atoms with van der Waals surface area (Å²) in [5, 5.41) is 11.7. The number of thiazole rings is 1. The molecule has 9 heteroatoms. The predicted octanol–water partition coefficient (Wildman–Crippen LogP) is 6.26. The highest BCUT2D eigenvalue weighted by Gasteiger charge is 2.48. The third-order valence-electron chi connectivity index (χ3n) is 6.74. The Bertz CT molecular complexity index is 1500. The number of benzene rings is 2. The smallest absolute Gasteiger partial charge is 0.350 e. The summed E-state index contributed by atoms with van der Waals surface area (Å²) >= 11 is 0.982. The Morgan fingerprint density at radius 3 is 2.30 bits per heavy atom. The van der Waals surface area contributed by atoms with E-state index in [0.717, 1.165) is 22.5 Å². The number of rotatable bonds is 7. The molecule has 1 atom stereocenters. The molecule has 1 aliphatic rings. The summed E-state index contributed by atoms with van der Waals surface area (Å²) in [4.78, 5) is 45.6. The molecule has 2 aromatic carbocycles. The maximum absolute atomic E-state index is 13.5. The number of nitrogens with zero attached hydrogens (tertiary/aromatic N) is 2. The number of aliphatic hydroxyl groups is 1. The topological polar surface area (TPSA) is 106 Å². The van der Waals surface area contributed by atoms with Crippen LogP contribution in [0.2, 0.25) is 0 Å². The number of ether oxygens (including phenoxy) is 2. The Labute approximate surface area is 238 Å². The first-order valence-electron chi connectivity index (χ1n) is 13.2. The van der Waals surface area contributed by atoms with Gasteiger partial charge in [-0.3, -0.25) is 14.5 Å². The van der Waals surface area contributed by atoms with E-state index in [0.29, 0.717) is 29.2 Å². The number of amides is 1. The fraction of sp³-hybridized carbons (Fsp3) is 0.355. The van der Waals surface area contributed by atoms with Crippen LogP contribution in [0.5, 0.6) is 5.75 Å². The average molecular weight is 563 g/mol. The van der Waals surface area contributed by atoms with Gasteiger partial charge < -0.3 is 14.6 Å². The van der Waals surface area contributed by atoms with E-state index in [1.54, 1.807) is 32.0 Å². The van der Waals surface area contributed by atoms with Gasteiger partial charge in [-0.15, -0.1) is 0 Å². The van der Waals surface area contributed by atoms with Crippen molar-refractivity contribution in [3.05, 3.63) is 80.9 Å². The van der Waals surface area contributed by atoms with E-state index in [1.807, 2.05) is 38.1 Å². The molecular formula is C31H34N2O6S. The predicted molar refractivity (Wildman–Crippen MR) is 155 cm³/mol. The molecule has 1 amide bonds. The van der Waals surface area contributed by atoms with E-state index >= 15 is 0 Å². The molecule has 0 aliphatic carbocycles. The van der Waals surface area contributed by atoms with Gasteiger partial charge in [0.15, 0.2) is 5.13 Å². The van der Waals surface area contributed by atoms with Crippen LogP contribution >= 0.6 is 11.3 Å². The number of hydrogen-bond donors (Lipinski definition) is 1. The Balaban J connectivity index is 1.91. The largest absolute Gasteiger partial charge is 0.507 e. The second kappa shape index (κ2) is 11.3. The fourth-order valence-corrected chi connectivity index (χ4v) is 5.64. The van der Waals surface area contributed by atoms with Gasteiger partial charge in [-0.05, 0) is 68.0 Å². The van der Waals surface area contributed by atoms with Crippen molar-refractivity contribution in [2.45, 2.75) is 59.9 Å². The number of carbonyl (C=O) groups is 3. The lowest BCUT2D eigenvalue weighted by atomic mass is 9.85. The maximum Gasteiger partial charge on any atom is 0.350 e. The van der Waals surface area contributed by atoms with Crippen molar-refractivity contribution in [3.8, 4) is 5.75 Å². The molecule has 8 nitrogen and oxygen atoms in total. The van der Waals surface area contributed by atoms with Gasteiger partial charge in [0.05, 0.1) is 30.5 Å². The van der Waals surface area contributed by atoms with Gasteiger partial charge in [-0.25, -0.2) is 9.78 Å². The molecule has 40 heavy (non-hydrogen) atoms. The van der Waals surface area contributed by atoms with Gasteiger partial charge in [-0.2, -0.15) is 0 Å². The molecule has 0 spiro atoms. The summed E-state index contributed by atoms with van der Waals surface area (Å²) in [5.41, 5.74) is 3.10. The lowest BCUT2D eigenvalue weighted by molar-refractivity contribution is -0.132. The highest BCUT2D eigenvalue weighted by Crippen LogP contribution is 2.44. The molecule has 1 N–H and O–H groups in total. The quantitative estimate of drug-likeness (QED) is 0.157. The zero-order chi connectivity index (χ0) is 29.4. The summed E-state index contributed by atoms with van der Waals surface area (Å²) in [6, 6.07) is 11.8. The first-order chi connectivity index (χ1) is 18.9. The molecular weight excluding hydrogens is 528 g/mol. The number of carbonyl (C=O) groups excluding carboxylic acids is 3. The van der Waals surface area contributed by atoms with Gasteiger partial charge in [0.1, 0.15) is 16.4 Å². The number of anilines is 1. The van der Waals surface area contributed by atoms with Crippen molar-refractivity contribution < 1.29 is 29.0 Å². The van der Waals surface area contributed by atoms with Crippen molar-refractivity contribution in [2.24, 2.45) is 0 Å². The van der Waals surface area contributed by atoms with Crippen LogP contribution in [0.15, 0.2) is 48.0 Å². The third-order valence-corrected chi connectivity index (χ3v) is 7.87. The Kier molecular flexibility index (Phi) is 8.16. The van der Waals surface area contributed by atoms with Crippen LogP contribution in [0.25, 0.3) is 5.76 Å². The SMILES string of the molecule is CCOC(=O)c1sc(N2C(=O)C(=O)C(=C(O)c3ccc(OCC)c(C)c3)[C@H]2c2ccc(C(C)(C)C)cc2)nc1C. The van der Waals surface area contributed by atoms with Crippen molar-refractivity contribution in [2.75, 3.05) is 18.1 Å². The molecule has 210 valence electrons. The Hall–Kier alpha value is -3.98. The summed E-state index contributed by atoms with van der Waals surface area (Å²) in [7, 11) is 0. The van der Waals surface area contributed by atoms with Crippen molar-refractivity contribution in [3.63, 3.8) is 0 Å². The van der Waals surface area contributed by atoms with E-state index in [4.69, 9.17) is 9.47 Å². The number of Topliss-reactive ketones (excluding diaryl/α,β-unsaturated/α-hetero) is 1. The van der Waals surface area contributed by atoms with Gasteiger partial charge in [0.2, 0.25) is 0 Å². The van der Waals surface area contributed by atoms with E-state index in [9.17, 15) is 19.5 Å². The summed E-state index contributed by atoms with van der Waals surface area (Å²) < 4.78 is 10.8. The standard InChI is InChI=1S/C31H34N2O6S/c1-8-38-22-15-12-20(16-17(22)3)25(34)23-24(19-10-13-21(14-11-19)31(5,6)7)33(28(36)26(23)35)30-32-18(4)27(40-30)29(37)39-9-2/h10-16,24,34H,8-9H2,1-7H3/t24-/m1/s1. The Morgan fingerprint density at radius 2 is 1.73 bits per heavy atom. The Morgan fingerprint density at radius 1 is 1.05 bits per heavy atom. The first kappa shape index (κ1) is 29.0. The van der Waals surface area contributed by atoms with Crippen LogP contribution in [0.1, 0.15) is 78.3 Å². The molecule has 0 radical (unpaired) electrons. The average Bonchev–Trinajstić information content (AvgIpc) is 3.41. The number of aromatic nitrogens is 1. The van der Waals surface area contributed by atoms with Crippen LogP contribution in [0, 0.1) is 13.8 Å². The van der Waals surface area contributed by atoms with E-state index < -0.39 is 23.7 Å². The van der Waals surface area contributed by atoms with Gasteiger partial charge in [0, 0.05) is 5.56 Å². The van der Waals surface area contributed by atoms with Crippen LogP contribution in [0.4, 0.5) is 5.13 Å². The van der Waals surface area contributed by atoms with E-state index in [2.05, 4.69) is 25.8 Å². The first-order valence-corrected chi connectivity index (χ1v) is 14.0. The second-order valence-electron chi connectivity index (χ2n) is 10.6. The van der Waals surface area contributed by atoms with Crippen molar-refractivity contribution >= 4 is 39.9 Å². The van der Waals surface area contributed by atoms with E-state index in [1.165, 1.54) is 4.90 Å². The highest BCUT2D eigenvalue weighted by atomic mass is 32.1. The van der Waals surface area contributed by atoms with Gasteiger partial charge in [-0.1, -0.05) is 56.4 Å². The lowest BCUT2D eigenvalue weighted by Gasteiger charge is -2.25.